The van der Waals surface area contributed by atoms with Crippen LogP contribution in [0.4, 0.5) is 5.69 Å². The van der Waals surface area contributed by atoms with Crippen molar-refractivity contribution in [2.45, 2.75) is 39.7 Å². The van der Waals surface area contributed by atoms with E-state index in [0.717, 1.165) is 37.4 Å². The molecular formula is C14H24N2O. The lowest BCUT2D eigenvalue weighted by Crippen LogP contribution is -2.14. The number of hydrogen-bond donors (Lipinski definition) is 2. The van der Waals surface area contributed by atoms with Crippen LogP contribution in [-0.2, 0) is 6.42 Å². The van der Waals surface area contributed by atoms with Gasteiger partial charge in [0.15, 0.2) is 0 Å². The quantitative estimate of drug-likeness (QED) is 0.565. The van der Waals surface area contributed by atoms with E-state index in [2.05, 4.69) is 18.3 Å². The van der Waals surface area contributed by atoms with Gasteiger partial charge in [-0.05, 0) is 57.5 Å². The summed E-state index contributed by atoms with van der Waals surface area (Å²) >= 11 is 0. The molecule has 0 fully saturated rings. The molecule has 0 aliphatic rings. The lowest BCUT2D eigenvalue weighted by atomic mass is 10.1. The molecule has 0 aliphatic carbocycles. The van der Waals surface area contributed by atoms with Crippen molar-refractivity contribution in [3.63, 3.8) is 0 Å². The molecule has 3 N–H and O–H groups in total. The van der Waals surface area contributed by atoms with Crippen molar-refractivity contribution in [3.05, 3.63) is 23.8 Å². The minimum Gasteiger partial charge on any atom is -0.489 e. The van der Waals surface area contributed by atoms with Crippen LogP contribution in [0, 0.1) is 0 Å². The second-order valence-electron chi connectivity index (χ2n) is 4.50. The minimum atomic E-state index is 0.164. The topological polar surface area (TPSA) is 47.3 Å². The Morgan fingerprint density at radius 2 is 2.12 bits per heavy atom. The van der Waals surface area contributed by atoms with Crippen molar-refractivity contribution in [1.29, 1.82) is 0 Å². The fraction of sp³-hybridized carbons (Fsp3) is 0.571. The molecular weight excluding hydrogens is 212 g/mol. The fourth-order valence-corrected chi connectivity index (χ4v) is 1.71. The molecule has 1 rings (SSSR count). The van der Waals surface area contributed by atoms with Gasteiger partial charge in [-0.1, -0.05) is 13.0 Å². The van der Waals surface area contributed by atoms with E-state index < -0.39 is 0 Å². The second kappa shape index (κ2) is 7.17. The zero-order chi connectivity index (χ0) is 12.7. The first kappa shape index (κ1) is 13.8. The lowest BCUT2D eigenvalue weighted by Gasteiger charge is -2.13. The average Bonchev–Trinajstić information content (AvgIpc) is 2.27. The second-order valence-corrected chi connectivity index (χ2v) is 4.50. The van der Waals surface area contributed by atoms with Crippen LogP contribution in [0.5, 0.6) is 5.75 Å². The molecule has 0 atom stereocenters. The predicted octanol–water partition coefficient (Wildman–Crippen LogP) is 2.60. The summed E-state index contributed by atoms with van der Waals surface area (Å²) in [5, 5.41) is 3.31. The van der Waals surface area contributed by atoms with Crippen LogP contribution in [-0.4, -0.2) is 19.2 Å². The molecule has 1 aromatic carbocycles. The molecule has 0 bridgehead atoms. The van der Waals surface area contributed by atoms with Gasteiger partial charge in [-0.25, -0.2) is 0 Å². The SMILES string of the molecule is CCNCCCc1ccc(OC(C)C)c(N)c1. The highest BCUT2D eigenvalue weighted by Gasteiger charge is 2.03. The lowest BCUT2D eigenvalue weighted by molar-refractivity contribution is 0.244. The first-order valence-electron chi connectivity index (χ1n) is 6.39. The Labute approximate surface area is 104 Å². The van der Waals surface area contributed by atoms with Crippen molar-refractivity contribution in [3.8, 4) is 5.75 Å². The van der Waals surface area contributed by atoms with Gasteiger partial charge in [0.1, 0.15) is 5.75 Å². The molecule has 0 radical (unpaired) electrons. The highest BCUT2D eigenvalue weighted by Crippen LogP contribution is 2.24. The number of ether oxygens (including phenoxy) is 1. The van der Waals surface area contributed by atoms with Gasteiger partial charge in [0.05, 0.1) is 11.8 Å². The number of nitrogens with two attached hydrogens (primary N) is 1. The molecule has 96 valence electrons. The fourth-order valence-electron chi connectivity index (χ4n) is 1.71. The Balaban J connectivity index is 2.50. The van der Waals surface area contributed by atoms with Crippen molar-refractivity contribution in [2.75, 3.05) is 18.8 Å². The van der Waals surface area contributed by atoms with Crippen LogP contribution in [0.1, 0.15) is 32.8 Å². The molecule has 0 spiro atoms. The summed E-state index contributed by atoms with van der Waals surface area (Å²) < 4.78 is 5.61. The third kappa shape index (κ3) is 5.09. The van der Waals surface area contributed by atoms with E-state index in [0.29, 0.717) is 0 Å². The Kier molecular flexibility index (Phi) is 5.84. The van der Waals surface area contributed by atoms with Gasteiger partial charge in [-0.2, -0.15) is 0 Å². The molecule has 17 heavy (non-hydrogen) atoms. The molecule has 0 saturated heterocycles. The summed E-state index contributed by atoms with van der Waals surface area (Å²) in [5.41, 5.74) is 7.97. The van der Waals surface area contributed by atoms with Gasteiger partial charge in [0.2, 0.25) is 0 Å². The van der Waals surface area contributed by atoms with Crippen molar-refractivity contribution in [1.82, 2.24) is 5.32 Å². The zero-order valence-electron chi connectivity index (χ0n) is 11.1. The highest BCUT2D eigenvalue weighted by atomic mass is 16.5. The van der Waals surface area contributed by atoms with Crippen LogP contribution in [0.25, 0.3) is 0 Å². The number of hydrogen-bond acceptors (Lipinski definition) is 3. The summed E-state index contributed by atoms with van der Waals surface area (Å²) in [7, 11) is 0. The third-order valence-corrected chi connectivity index (χ3v) is 2.51. The van der Waals surface area contributed by atoms with E-state index in [9.17, 15) is 0 Å². The maximum atomic E-state index is 5.96. The van der Waals surface area contributed by atoms with Crippen molar-refractivity contribution < 1.29 is 4.74 Å². The summed E-state index contributed by atoms with van der Waals surface area (Å²) in [4.78, 5) is 0. The Bertz CT molecular complexity index is 337. The summed E-state index contributed by atoms with van der Waals surface area (Å²) in [5.74, 6) is 0.787. The Morgan fingerprint density at radius 1 is 1.35 bits per heavy atom. The predicted molar refractivity (Wildman–Crippen MR) is 73.5 cm³/mol. The monoisotopic (exact) mass is 236 g/mol. The van der Waals surface area contributed by atoms with Gasteiger partial charge >= 0.3 is 0 Å². The van der Waals surface area contributed by atoms with Crippen molar-refractivity contribution >= 4 is 5.69 Å². The van der Waals surface area contributed by atoms with E-state index in [1.54, 1.807) is 0 Å². The van der Waals surface area contributed by atoms with E-state index in [1.165, 1.54) is 5.56 Å². The molecule has 3 nitrogen and oxygen atoms in total. The number of nitrogen functional groups attached to an aromatic ring is 1. The van der Waals surface area contributed by atoms with Gasteiger partial charge < -0.3 is 15.8 Å². The van der Waals surface area contributed by atoms with Crippen LogP contribution in [0.3, 0.4) is 0 Å². The average molecular weight is 236 g/mol. The first-order chi connectivity index (χ1) is 8.13. The van der Waals surface area contributed by atoms with Crippen molar-refractivity contribution in [2.24, 2.45) is 0 Å². The molecule has 0 aliphatic heterocycles. The van der Waals surface area contributed by atoms with Gasteiger partial charge in [0.25, 0.3) is 0 Å². The van der Waals surface area contributed by atoms with Crippen LogP contribution in [0.15, 0.2) is 18.2 Å². The maximum absolute atomic E-state index is 5.96. The molecule has 0 unspecified atom stereocenters. The normalized spacial score (nSPS) is 10.8. The Morgan fingerprint density at radius 3 is 2.71 bits per heavy atom. The van der Waals surface area contributed by atoms with Gasteiger partial charge in [-0.15, -0.1) is 0 Å². The summed E-state index contributed by atoms with van der Waals surface area (Å²) in [6.45, 7) is 8.22. The maximum Gasteiger partial charge on any atom is 0.142 e. The number of anilines is 1. The molecule has 0 amide bonds. The molecule has 0 heterocycles. The molecule has 1 aromatic rings. The Hall–Kier alpha value is -1.22. The number of nitrogens with one attached hydrogen (secondary N) is 1. The van der Waals surface area contributed by atoms with Gasteiger partial charge in [0, 0.05) is 0 Å². The van der Waals surface area contributed by atoms with E-state index >= 15 is 0 Å². The largest absolute Gasteiger partial charge is 0.489 e. The third-order valence-electron chi connectivity index (χ3n) is 2.51. The van der Waals surface area contributed by atoms with Crippen LogP contribution >= 0.6 is 0 Å². The summed E-state index contributed by atoms with van der Waals surface area (Å²) in [6.07, 6.45) is 2.36. The van der Waals surface area contributed by atoms with Gasteiger partial charge in [-0.3, -0.25) is 0 Å². The zero-order valence-corrected chi connectivity index (χ0v) is 11.1. The van der Waals surface area contributed by atoms with E-state index in [1.807, 2.05) is 26.0 Å². The smallest absolute Gasteiger partial charge is 0.142 e. The standard InChI is InChI=1S/C14H24N2O/c1-4-16-9-5-6-12-7-8-14(13(15)10-12)17-11(2)3/h7-8,10-11,16H,4-6,9,15H2,1-3H3. The minimum absolute atomic E-state index is 0.164. The first-order valence-corrected chi connectivity index (χ1v) is 6.39. The number of benzene rings is 1. The summed E-state index contributed by atoms with van der Waals surface area (Å²) in [6, 6.07) is 6.08. The van der Waals surface area contributed by atoms with Crippen LogP contribution < -0.4 is 15.8 Å². The van der Waals surface area contributed by atoms with Crippen LogP contribution in [0.2, 0.25) is 0 Å². The van der Waals surface area contributed by atoms with E-state index in [4.69, 9.17) is 10.5 Å². The number of rotatable bonds is 7. The molecule has 0 saturated carbocycles. The van der Waals surface area contributed by atoms with E-state index in [-0.39, 0.29) is 6.10 Å². The number of aryl methyl sites for hydroxylation is 1. The molecule has 0 aromatic heterocycles. The highest BCUT2D eigenvalue weighted by molar-refractivity contribution is 5.54. The molecule has 3 heteroatoms.